The van der Waals surface area contributed by atoms with E-state index in [1.54, 1.807) is 25.1 Å². The summed E-state index contributed by atoms with van der Waals surface area (Å²) >= 11 is 0. The first-order valence-corrected chi connectivity index (χ1v) is 12.7. The van der Waals surface area contributed by atoms with Gasteiger partial charge in [-0.1, -0.05) is 24.1 Å². The summed E-state index contributed by atoms with van der Waals surface area (Å²) in [6.45, 7) is 3.85. The lowest BCUT2D eigenvalue weighted by Crippen LogP contribution is -2.48. The molecule has 0 amide bonds. The number of terminal acetylenes is 1. The summed E-state index contributed by atoms with van der Waals surface area (Å²) in [5, 5.41) is 24.2. The summed E-state index contributed by atoms with van der Waals surface area (Å²) in [6, 6.07) is 8.97. The lowest BCUT2D eigenvalue weighted by atomic mass is 9.95. The fourth-order valence-electron chi connectivity index (χ4n) is 3.52. The summed E-state index contributed by atoms with van der Waals surface area (Å²) in [5.41, 5.74) is -5.59. The van der Waals surface area contributed by atoms with E-state index in [1.807, 2.05) is 10.9 Å². The molecule has 1 unspecified atom stereocenters. The molecule has 0 spiro atoms. The number of nitrogens with one attached hydrogen (secondary N) is 2. The Morgan fingerprint density at radius 3 is 2.59 bits per heavy atom. The van der Waals surface area contributed by atoms with Gasteiger partial charge in [-0.25, -0.2) is 9.36 Å². The van der Waals surface area contributed by atoms with Gasteiger partial charge in [-0.05, 0) is 32.9 Å². The van der Waals surface area contributed by atoms with Gasteiger partial charge in [0.05, 0.1) is 13.2 Å². The predicted molar refractivity (Wildman–Crippen MR) is 129 cm³/mol. The molecule has 1 saturated heterocycles. The molecule has 13 nitrogen and oxygen atoms in total. The lowest BCUT2D eigenvalue weighted by molar-refractivity contribution is -0.149. The number of hydrogen-bond donors (Lipinski definition) is 4. The first-order valence-electron chi connectivity index (χ1n) is 11.2. The fourth-order valence-corrected chi connectivity index (χ4v) is 5.20. The van der Waals surface area contributed by atoms with Gasteiger partial charge in [0.1, 0.15) is 23.5 Å². The molecule has 0 saturated carbocycles. The van der Waals surface area contributed by atoms with Crippen LogP contribution < -0.4 is 20.9 Å². The van der Waals surface area contributed by atoms with E-state index >= 15 is 0 Å². The van der Waals surface area contributed by atoms with Gasteiger partial charge in [0.2, 0.25) is 0 Å². The Hall–Kier alpha value is -3.24. The van der Waals surface area contributed by atoms with Crippen molar-refractivity contribution in [1.82, 2.24) is 14.6 Å². The van der Waals surface area contributed by atoms with E-state index in [0.717, 1.165) is 16.8 Å². The second kappa shape index (κ2) is 11.0. The van der Waals surface area contributed by atoms with E-state index in [9.17, 15) is 29.2 Å². The number of para-hydroxylation sites is 1. The van der Waals surface area contributed by atoms with Crippen molar-refractivity contribution in [1.29, 1.82) is 0 Å². The third-order valence-electron chi connectivity index (χ3n) is 5.40. The van der Waals surface area contributed by atoms with Crippen LogP contribution in [0.1, 0.15) is 27.0 Å². The van der Waals surface area contributed by atoms with E-state index in [1.165, 1.54) is 26.0 Å². The Bertz CT molecular complexity index is 1320. The van der Waals surface area contributed by atoms with Crippen LogP contribution in [0.25, 0.3) is 0 Å². The molecule has 1 fully saturated rings. The van der Waals surface area contributed by atoms with Crippen molar-refractivity contribution < 1.29 is 38.1 Å². The third-order valence-corrected chi connectivity index (χ3v) is 7.17. The molecule has 1 aliphatic heterocycles. The maximum absolute atomic E-state index is 13.7. The van der Waals surface area contributed by atoms with Crippen LogP contribution in [0.5, 0.6) is 5.75 Å². The molecular formula is C23H28N3O10P. The Morgan fingerprint density at radius 1 is 1.32 bits per heavy atom. The Kier molecular flexibility index (Phi) is 8.44. The molecule has 14 heteroatoms. The zero-order valence-electron chi connectivity index (χ0n) is 20.3. The summed E-state index contributed by atoms with van der Waals surface area (Å²) < 4.78 is 36.3. The van der Waals surface area contributed by atoms with Crippen LogP contribution in [0.4, 0.5) is 0 Å². The van der Waals surface area contributed by atoms with Crippen LogP contribution in [-0.4, -0.2) is 62.3 Å². The third kappa shape index (κ3) is 6.19. The highest BCUT2D eigenvalue weighted by Crippen LogP contribution is 2.48. The number of ether oxygens (including phenoxy) is 2. The minimum absolute atomic E-state index is 0.0763. The van der Waals surface area contributed by atoms with Gasteiger partial charge in [0.15, 0.2) is 11.8 Å². The van der Waals surface area contributed by atoms with Crippen LogP contribution in [0.2, 0.25) is 0 Å². The second-order valence-corrected chi connectivity index (χ2v) is 10.3. The Morgan fingerprint density at radius 2 is 2.00 bits per heavy atom. The SMILES string of the molecule is C#C[C@@]1(O)[C@H](O)[C@@H](COP(=O)(NC(C)(C)C(=O)OCC)Oc2ccccc2)O[C@H]1n1ccc(=O)[nH]c1=O. The molecule has 0 aliphatic carbocycles. The molecular weight excluding hydrogens is 509 g/mol. The number of aliphatic hydroxyl groups is 2. The molecule has 3 rings (SSSR count). The number of hydrogen-bond acceptors (Lipinski definition) is 10. The van der Waals surface area contributed by atoms with Gasteiger partial charge in [-0.3, -0.25) is 23.7 Å². The highest BCUT2D eigenvalue weighted by atomic mass is 31.2. The lowest BCUT2D eigenvalue weighted by Gasteiger charge is -2.30. The zero-order valence-corrected chi connectivity index (χ0v) is 21.2. The number of aliphatic hydroxyl groups excluding tert-OH is 1. The van der Waals surface area contributed by atoms with Crippen LogP contribution in [0, 0.1) is 12.3 Å². The summed E-state index contributed by atoms with van der Waals surface area (Å²) in [4.78, 5) is 38.1. The van der Waals surface area contributed by atoms with E-state index < -0.39 is 61.1 Å². The molecule has 1 aromatic carbocycles. The highest BCUT2D eigenvalue weighted by Gasteiger charge is 2.56. The molecule has 2 heterocycles. The summed E-state index contributed by atoms with van der Waals surface area (Å²) in [6.07, 6.45) is 1.64. The molecule has 0 radical (unpaired) electrons. The number of rotatable bonds is 10. The summed E-state index contributed by atoms with van der Waals surface area (Å²) in [7, 11) is -4.37. The monoisotopic (exact) mass is 537 g/mol. The molecule has 1 aliphatic rings. The Balaban J connectivity index is 1.87. The van der Waals surface area contributed by atoms with Gasteiger partial charge in [0, 0.05) is 12.3 Å². The van der Waals surface area contributed by atoms with Crippen LogP contribution in [-0.2, 0) is 23.4 Å². The second-order valence-electron chi connectivity index (χ2n) is 8.61. The van der Waals surface area contributed by atoms with Crippen LogP contribution in [0.15, 0.2) is 52.2 Å². The van der Waals surface area contributed by atoms with Crippen molar-refractivity contribution >= 4 is 13.7 Å². The molecule has 0 bridgehead atoms. The molecule has 2 aromatic rings. The van der Waals surface area contributed by atoms with E-state index in [4.69, 9.17) is 24.9 Å². The van der Waals surface area contributed by atoms with Crippen molar-refractivity contribution in [3.63, 3.8) is 0 Å². The van der Waals surface area contributed by atoms with Crippen molar-refractivity contribution in [3.8, 4) is 18.1 Å². The molecule has 5 atom stereocenters. The molecule has 37 heavy (non-hydrogen) atoms. The minimum Gasteiger partial charge on any atom is -0.465 e. The number of carbonyl (C=O) groups is 1. The van der Waals surface area contributed by atoms with Crippen molar-refractivity contribution in [3.05, 3.63) is 63.4 Å². The first-order chi connectivity index (χ1) is 17.3. The van der Waals surface area contributed by atoms with Crippen molar-refractivity contribution in [2.75, 3.05) is 13.2 Å². The molecule has 4 N–H and O–H groups in total. The maximum atomic E-state index is 13.7. The number of H-pyrrole nitrogens is 1. The average Bonchev–Trinajstić information content (AvgIpc) is 3.09. The van der Waals surface area contributed by atoms with Gasteiger partial charge < -0.3 is 24.2 Å². The van der Waals surface area contributed by atoms with Gasteiger partial charge in [-0.2, -0.15) is 5.09 Å². The number of esters is 1. The summed E-state index contributed by atoms with van der Waals surface area (Å²) in [5.74, 6) is 1.42. The number of aromatic nitrogens is 2. The van der Waals surface area contributed by atoms with Crippen LogP contribution >= 0.6 is 7.75 Å². The quantitative estimate of drug-likeness (QED) is 0.186. The number of carbonyl (C=O) groups excluding carboxylic acids is 1. The van der Waals surface area contributed by atoms with Crippen molar-refractivity contribution in [2.45, 2.75) is 50.3 Å². The number of nitrogens with zero attached hydrogens (tertiary/aromatic N) is 1. The fraction of sp³-hybridized carbons (Fsp3) is 0.435. The van der Waals surface area contributed by atoms with E-state index in [2.05, 4.69) is 5.09 Å². The van der Waals surface area contributed by atoms with Gasteiger partial charge in [-0.15, -0.1) is 6.42 Å². The van der Waals surface area contributed by atoms with Crippen LogP contribution in [0.3, 0.4) is 0 Å². The minimum atomic E-state index is -4.37. The normalized spacial score (nSPS) is 25.1. The predicted octanol–water partition coefficient (Wildman–Crippen LogP) is 0.294. The number of benzene rings is 1. The van der Waals surface area contributed by atoms with Crippen molar-refractivity contribution in [2.24, 2.45) is 0 Å². The number of aromatic amines is 1. The smallest absolute Gasteiger partial charge is 0.459 e. The van der Waals surface area contributed by atoms with E-state index in [0.29, 0.717) is 0 Å². The van der Waals surface area contributed by atoms with Gasteiger partial charge in [0.25, 0.3) is 5.56 Å². The van der Waals surface area contributed by atoms with E-state index in [-0.39, 0.29) is 12.4 Å². The molecule has 1 aromatic heterocycles. The van der Waals surface area contributed by atoms with Gasteiger partial charge >= 0.3 is 19.4 Å². The Labute approximate surface area is 211 Å². The highest BCUT2D eigenvalue weighted by molar-refractivity contribution is 7.52. The molecule has 200 valence electrons. The topological polar surface area (TPSA) is 178 Å². The zero-order chi connectivity index (χ0) is 27.4. The standard InChI is InChI=1S/C23H28N3O10P/c1-5-23(31)18(28)16(35-19(23)26-13-12-17(27)24-21(26)30)14-34-37(32,36-15-10-8-7-9-11-15)25-22(3,4)20(29)33-6-2/h1,7-13,16,18-19,28,31H,6,14H2,2-4H3,(H,25,32)(H,24,27,30)/t16-,18-,19-,23-,37?/m1/s1. The first kappa shape index (κ1) is 28.3. The largest absolute Gasteiger partial charge is 0.465 e. The maximum Gasteiger partial charge on any atom is 0.459 e. The average molecular weight is 537 g/mol.